The lowest BCUT2D eigenvalue weighted by Crippen LogP contribution is -2.55. The third-order valence-corrected chi connectivity index (χ3v) is 16.5. The Morgan fingerprint density at radius 2 is 1.15 bits per heavy atom. The van der Waals surface area contributed by atoms with Crippen LogP contribution in [0.1, 0.15) is 61.1 Å². The Kier molecular flexibility index (Phi) is 7.86. The van der Waals surface area contributed by atoms with E-state index < -0.39 is 0 Å². The van der Waals surface area contributed by atoms with Crippen LogP contribution in [-0.4, -0.2) is 0 Å². The van der Waals surface area contributed by atoms with E-state index in [1.807, 2.05) is 11.3 Å². The summed E-state index contributed by atoms with van der Waals surface area (Å²) in [5.74, 6) is 3.83. The maximum atomic E-state index is 2.56. The Morgan fingerprint density at radius 3 is 1.97 bits per heavy atom. The highest BCUT2D eigenvalue weighted by Crippen LogP contribution is 2.69. The van der Waals surface area contributed by atoms with Gasteiger partial charge in [0.25, 0.3) is 0 Å². The van der Waals surface area contributed by atoms with E-state index in [0.717, 1.165) is 30.1 Å². The van der Waals surface area contributed by atoms with E-state index in [-0.39, 0.29) is 5.41 Å². The molecule has 0 N–H and O–H groups in total. The van der Waals surface area contributed by atoms with Gasteiger partial charge in [-0.05, 0) is 155 Å². The highest BCUT2D eigenvalue weighted by atomic mass is 32.1. The number of rotatable bonds is 6. The number of benzene rings is 7. The summed E-state index contributed by atoms with van der Waals surface area (Å²) >= 11 is 1.88. The molecule has 0 amide bonds. The van der Waals surface area contributed by atoms with Crippen molar-refractivity contribution in [3.8, 4) is 33.4 Å². The first-order valence-corrected chi connectivity index (χ1v) is 23.1. The van der Waals surface area contributed by atoms with E-state index in [1.54, 1.807) is 11.1 Å². The van der Waals surface area contributed by atoms with Gasteiger partial charge in [-0.3, -0.25) is 0 Å². The summed E-state index contributed by atoms with van der Waals surface area (Å²) in [6.45, 7) is 0. The summed E-state index contributed by atoms with van der Waals surface area (Å²) in [6.07, 6.45) is 15.4. The van der Waals surface area contributed by atoms with Gasteiger partial charge in [0.1, 0.15) is 0 Å². The van der Waals surface area contributed by atoms with Crippen LogP contribution in [0.25, 0.3) is 53.6 Å². The van der Waals surface area contributed by atoms with Crippen LogP contribution < -0.4 is 4.90 Å². The molecule has 1 aromatic heterocycles. The number of thiophene rings is 1. The van der Waals surface area contributed by atoms with Crippen molar-refractivity contribution in [3.63, 3.8) is 0 Å². The predicted octanol–water partition coefficient (Wildman–Crippen LogP) is 15.9. The maximum absolute atomic E-state index is 2.56. The van der Waals surface area contributed by atoms with Crippen LogP contribution in [0.4, 0.5) is 11.4 Å². The van der Waals surface area contributed by atoms with Gasteiger partial charge in [0.15, 0.2) is 0 Å². The Labute approximate surface area is 357 Å². The normalized spacial score (nSPS) is 24.5. The zero-order chi connectivity index (χ0) is 39.4. The van der Waals surface area contributed by atoms with Crippen LogP contribution in [0.3, 0.4) is 0 Å². The fourth-order valence-electron chi connectivity index (χ4n) is 13.0. The lowest BCUT2D eigenvalue weighted by molar-refractivity contribution is -0.0399. The lowest BCUT2D eigenvalue weighted by atomic mass is 9.43. The molecular weight excluding hydrogens is 743 g/mol. The van der Waals surface area contributed by atoms with Gasteiger partial charge < -0.3 is 4.90 Å². The van der Waals surface area contributed by atoms with Gasteiger partial charge in [-0.1, -0.05) is 140 Å². The summed E-state index contributed by atoms with van der Waals surface area (Å²) in [5, 5.41) is 2.66. The van der Waals surface area contributed by atoms with E-state index in [9.17, 15) is 0 Å². The SMILES string of the molecule is C1=CC(c2cccc(-c3ccc4c(c3)-c3ccccc3C43C4CC5CC(C4)CC3C5)c2)CC=C1N(c1ccc(-c2ccccc2)cc1)c1ccc2c(c1)sc1ccccc12. The molecule has 1 unspecified atom stereocenters. The molecule has 0 radical (unpaired) electrons. The Hall–Kier alpha value is -5.96. The molecule has 4 saturated carbocycles. The standard InChI is InChI=1S/C58H47NS/c1-2-9-39(10-3-1)40-17-22-47(23-18-40)59(49-26-27-52-51-14-5-7-16-56(51)60-57(52)36-49)48-24-19-41(20-25-48)42-11-8-12-43(34-42)44-21-28-55-53(35-44)50-13-4-6-15-54(50)58(55)45-30-37-29-38(32-45)33-46(58)31-37/h1-19,21-28,34-38,41,45-46H,20,29-33H2. The van der Waals surface area contributed by atoms with E-state index >= 15 is 0 Å². The second-order valence-electron chi connectivity index (χ2n) is 18.5. The molecule has 1 atom stereocenters. The van der Waals surface area contributed by atoms with Crippen molar-refractivity contribution in [2.75, 3.05) is 4.90 Å². The topological polar surface area (TPSA) is 3.24 Å². The van der Waals surface area contributed by atoms with E-state index in [1.165, 1.54) is 108 Å². The summed E-state index contributed by atoms with van der Waals surface area (Å²) in [6, 6.07) is 62.0. The molecule has 14 rings (SSSR count). The zero-order valence-corrected chi connectivity index (χ0v) is 34.6. The number of hydrogen-bond acceptors (Lipinski definition) is 2. The van der Waals surface area contributed by atoms with Gasteiger partial charge in [-0.25, -0.2) is 0 Å². The van der Waals surface area contributed by atoms with Crippen LogP contribution in [0.2, 0.25) is 0 Å². The van der Waals surface area contributed by atoms with E-state index in [0.29, 0.717) is 5.92 Å². The molecule has 1 heterocycles. The first-order chi connectivity index (χ1) is 29.7. The molecule has 1 nitrogen and oxygen atoms in total. The minimum absolute atomic E-state index is 0.220. The molecule has 4 bridgehead atoms. The Morgan fingerprint density at radius 1 is 0.483 bits per heavy atom. The van der Waals surface area contributed by atoms with Crippen LogP contribution >= 0.6 is 11.3 Å². The molecule has 0 aliphatic heterocycles. The number of hydrogen-bond donors (Lipinski definition) is 0. The molecule has 2 heteroatoms. The van der Waals surface area contributed by atoms with Crippen molar-refractivity contribution in [2.24, 2.45) is 23.7 Å². The first kappa shape index (κ1) is 34.9. The average molecular weight is 790 g/mol. The minimum Gasteiger partial charge on any atom is -0.311 e. The molecule has 1 spiro atoms. The molecule has 0 saturated heterocycles. The van der Waals surface area contributed by atoms with E-state index in [4.69, 9.17) is 0 Å². The molecule has 6 aliphatic rings. The number of fused-ring (bicyclic) bond motifs is 6. The number of allylic oxidation sites excluding steroid dienone is 3. The maximum Gasteiger partial charge on any atom is 0.0475 e. The van der Waals surface area contributed by atoms with Gasteiger partial charge in [0.2, 0.25) is 0 Å². The van der Waals surface area contributed by atoms with Crippen molar-refractivity contribution in [2.45, 2.75) is 49.9 Å². The third kappa shape index (κ3) is 5.29. The van der Waals surface area contributed by atoms with Crippen molar-refractivity contribution < 1.29 is 0 Å². The largest absolute Gasteiger partial charge is 0.311 e. The molecule has 290 valence electrons. The predicted molar refractivity (Wildman–Crippen MR) is 253 cm³/mol. The van der Waals surface area contributed by atoms with E-state index in [2.05, 4.69) is 187 Å². The quantitative estimate of drug-likeness (QED) is 0.162. The van der Waals surface area contributed by atoms with Crippen LogP contribution in [0, 0.1) is 23.7 Å². The molecule has 4 fully saturated rings. The number of nitrogens with zero attached hydrogens (tertiary/aromatic N) is 1. The Balaban J connectivity index is 0.827. The summed E-state index contributed by atoms with van der Waals surface area (Å²) < 4.78 is 2.65. The first-order valence-electron chi connectivity index (χ1n) is 22.3. The van der Waals surface area contributed by atoms with Gasteiger partial charge in [-0.2, -0.15) is 0 Å². The summed E-state index contributed by atoms with van der Waals surface area (Å²) in [5.41, 5.74) is 16.6. The highest BCUT2D eigenvalue weighted by Gasteiger charge is 2.61. The fraction of sp³-hybridized carbons (Fsp3) is 0.207. The number of anilines is 2. The lowest BCUT2D eigenvalue weighted by Gasteiger charge is -2.61. The molecule has 8 aromatic rings. The van der Waals surface area contributed by atoms with Crippen molar-refractivity contribution in [1.29, 1.82) is 0 Å². The average Bonchev–Trinajstić information content (AvgIpc) is 3.82. The molecular formula is C58H47NS. The van der Waals surface area contributed by atoms with Gasteiger partial charge in [0, 0.05) is 48.6 Å². The van der Waals surface area contributed by atoms with Crippen LogP contribution in [-0.2, 0) is 5.41 Å². The molecule has 60 heavy (non-hydrogen) atoms. The van der Waals surface area contributed by atoms with Gasteiger partial charge in [-0.15, -0.1) is 11.3 Å². The highest BCUT2D eigenvalue weighted by molar-refractivity contribution is 7.25. The van der Waals surface area contributed by atoms with Crippen molar-refractivity contribution in [3.05, 3.63) is 204 Å². The third-order valence-electron chi connectivity index (χ3n) is 15.4. The van der Waals surface area contributed by atoms with Crippen molar-refractivity contribution >= 4 is 42.9 Å². The summed E-state index contributed by atoms with van der Waals surface area (Å²) in [7, 11) is 0. The second-order valence-corrected chi connectivity index (χ2v) is 19.5. The molecule has 6 aliphatic carbocycles. The van der Waals surface area contributed by atoms with Gasteiger partial charge >= 0.3 is 0 Å². The Bertz CT molecular complexity index is 3010. The van der Waals surface area contributed by atoms with Crippen molar-refractivity contribution in [1.82, 2.24) is 0 Å². The second kappa shape index (κ2) is 13.5. The fourth-order valence-corrected chi connectivity index (χ4v) is 14.2. The monoisotopic (exact) mass is 789 g/mol. The summed E-state index contributed by atoms with van der Waals surface area (Å²) in [4.78, 5) is 2.44. The van der Waals surface area contributed by atoms with Crippen LogP contribution in [0.5, 0.6) is 0 Å². The minimum atomic E-state index is 0.220. The van der Waals surface area contributed by atoms with Gasteiger partial charge in [0.05, 0.1) is 0 Å². The smallest absolute Gasteiger partial charge is 0.0475 e. The van der Waals surface area contributed by atoms with Crippen LogP contribution in [0.15, 0.2) is 188 Å². The zero-order valence-electron chi connectivity index (χ0n) is 33.8. The molecule has 7 aromatic carbocycles.